The number of hydrogen-bond acceptors (Lipinski definition) is 2. The Morgan fingerprint density at radius 1 is 0.410 bits per heavy atom. The Bertz CT molecular complexity index is 3460. The summed E-state index contributed by atoms with van der Waals surface area (Å²) in [5.41, 5.74) is 17.2. The third-order valence-electron chi connectivity index (χ3n) is 12.7. The van der Waals surface area contributed by atoms with Crippen LogP contribution in [-0.4, -0.2) is 14.5 Å². The van der Waals surface area contributed by atoms with Gasteiger partial charge in [0, 0.05) is 27.6 Å². The molecule has 2 aromatic heterocycles. The second-order valence-corrected chi connectivity index (χ2v) is 16.1. The highest BCUT2D eigenvalue weighted by Crippen LogP contribution is 2.62. The van der Waals surface area contributed by atoms with Crippen LogP contribution in [0.5, 0.6) is 0 Å². The van der Waals surface area contributed by atoms with Crippen LogP contribution < -0.4 is 0 Å². The van der Waals surface area contributed by atoms with E-state index in [1.165, 1.54) is 82.8 Å². The fourth-order valence-electron chi connectivity index (χ4n) is 10.3. The highest BCUT2D eigenvalue weighted by Gasteiger charge is 2.51. The van der Waals surface area contributed by atoms with Gasteiger partial charge in [-0.15, -0.1) is 0 Å². The van der Waals surface area contributed by atoms with E-state index in [0.29, 0.717) is 0 Å². The van der Waals surface area contributed by atoms with Gasteiger partial charge in [-0.1, -0.05) is 194 Å². The molecule has 0 amide bonds. The SMILES string of the molecule is Cc1cc(-c2cccc3c2-c2cc(-c4cccc5ccccc45)ccc2C32c3ccccc3-n3c4ccccc4c4cccc2c43)nc(-c2ccccc2)n1.c1ccccc1. The van der Waals surface area contributed by atoms with Gasteiger partial charge in [-0.3, -0.25) is 0 Å². The van der Waals surface area contributed by atoms with Crippen molar-refractivity contribution < 1.29 is 0 Å². The van der Waals surface area contributed by atoms with Crippen LogP contribution in [0.4, 0.5) is 0 Å². The molecule has 0 saturated carbocycles. The Balaban J connectivity index is 0.000000615. The van der Waals surface area contributed by atoms with Gasteiger partial charge in [-0.05, 0) is 86.5 Å². The molecule has 1 unspecified atom stereocenters. The lowest BCUT2D eigenvalue weighted by Crippen LogP contribution is -2.33. The van der Waals surface area contributed by atoms with E-state index < -0.39 is 5.41 Å². The zero-order valence-corrected chi connectivity index (χ0v) is 33.6. The third kappa shape index (κ3) is 5.24. The smallest absolute Gasteiger partial charge is 0.160 e. The molecular weight excluding hydrogens is 739 g/mol. The third-order valence-corrected chi connectivity index (χ3v) is 12.7. The molecule has 1 aliphatic heterocycles. The van der Waals surface area contributed by atoms with E-state index in [4.69, 9.17) is 9.97 Å². The van der Waals surface area contributed by atoms with Crippen LogP contribution in [0.2, 0.25) is 0 Å². The number of aromatic nitrogens is 3. The molecule has 13 rings (SSSR count). The van der Waals surface area contributed by atoms with Crippen molar-refractivity contribution in [2.24, 2.45) is 0 Å². The molecule has 286 valence electrons. The molecular formula is C58H39N3. The lowest BCUT2D eigenvalue weighted by molar-refractivity contribution is 0.748. The van der Waals surface area contributed by atoms with E-state index in [1.807, 2.05) is 42.5 Å². The fourth-order valence-corrected chi connectivity index (χ4v) is 10.3. The van der Waals surface area contributed by atoms with E-state index in [1.54, 1.807) is 0 Å². The Morgan fingerprint density at radius 3 is 1.89 bits per heavy atom. The van der Waals surface area contributed by atoms with Gasteiger partial charge in [-0.2, -0.15) is 0 Å². The van der Waals surface area contributed by atoms with Crippen molar-refractivity contribution in [3.8, 4) is 50.6 Å². The lowest BCUT2D eigenvalue weighted by atomic mass is 9.65. The molecule has 9 aromatic carbocycles. The van der Waals surface area contributed by atoms with Gasteiger partial charge in [0.2, 0.25) is 0 Å². The van der Waals surface area contributed by atoms with Crippen LogP contribution in [0.1, 0.15) is 27.9 Å². The van der Waals surface area contributed by atoms with Crippen molar-refractivity contribution in [3.05, 3.63) is 246 Å². The zero-order chi connectivity index (χ0) is 40.5. The highest BCUT2D eigenvalue weighted by atomic mass is 15.0. The number of fused-ring (bicyclic) bond motifs is 13. The normalized spacial score (nSPS) is 14.4. The number of nitrogens with zero attached hydrogens (tertiary/aromatic N) is 3. The minimum Gasteiger partial charge on any atom is -0.309 e. The molecule has 3 heteroatoms. The monoisotopic (exact) mass is 777 g/mol. The summed E-state index contributed by atoms with van der Waals surface area (Å²) < 4.78 is 2.51. The zero-order valence-electron chi connectivity index (χ0n) is 33.6. The second kappa shape index (κ2) is 13.9. The predicted octanol–water partition coefficient (Wildman–Crippen LogP) is 14.4. The van der Waals surface area contributed by atoms with Crippen molar-refractivity contribution in [1.29, 1.82) is 0 Å². The molecule has 0 saturated heterocycles. The molecule has 0 radical (unpaired) electrons. The summed E-state index contributed by atoms with van der Waals surface area (Å²) in [5, 5.41) is 5.04. The molecule has 3 nitrogen and oxygen atoms in total. The Kier molecular flexibility index (Phi) is 7.98. The van der Waals surface area contributed by atoms with Crippen LogP contribution in [0.25, 0.3) is 83.2 Å². The molecule has 61 heavy (non-hydrogen) atoms. The van der Waals surface area contributed by atoms with Crippen LogP contribution in [0.3, 0.4) is 0 Å². The van der Waals surface area contributed by atoms with Gasteiger partial charge in [0.15, 0.2) is 5.82 Å². The van der Waals surface area contributed by atoms with Gasteiger partial charge in [0.1, 0.15) is 0 Å². The number of para-hydroxylation sites is 3. The first-order valence-corrected chi connectivity index (χ1v) is 21.0. The summed E-state index contributed by atoms with van der Waals surface area (Å²) >= 11 is 0. The summed E-state index contributed by atoms with van der Waals surface area (Å²) in [4.78, 5) is 10.2. The van der Waals surface area contributed by atoms with Crippen LogP contribution >= 0.6 is 0 Å². The Morgan fingerprint density at radius 2 is 1.03 bits per heavy atom. The maximum atomic E-state index is 5.31. The first-order chi connectivity index (χ1) is 30.2. The van der Waals surface area contributed by atoms with E-state index >= 15 is 0 Å². The van der Waals surface area contributed by atoms with Crippen LogP contribution in [0.15, 0.2) is 218 Å². The van der Waals surface area contributed by atoms with Gasteiger partial charge in [0.25, 0.3) is 0 Å². The van der Waals surface area contributed by atoms with Crippen molar-refractivity contribution in [2.75, 3.05) is 0 Å². The van der Waals surface area contributed by atoms with E-state index in [2.05, 4.69) is 187 Å². The first-order valence-electron chi connectivity index (χ1n) is 21.0. The average Bonchev–Trinajstić information content (AvgIpc) is 3.82. The van der Waals surface area contributed by atoms with E-state index in [0.717, 1.165) is 28.3 Å². The Hall–Kier alpha value is -7.88. The molecule has 0 fully saturated rings. The summed E-state index contributed by atoms with van der Waals surface area (Å²) in [6.45, 7) is 2.08. The first kappa shape index (κ1) is 35.1. The topological polar surface area (TPSA) is 30.7 Å². The van der Waals surface area contributed by atoms with Crippen molar-refractivity contribution in [3.63, 3.8) is 0 Å². The summed E-state index contributed by atoms with van der Waals surface area (Å²) in [6.07, 6.45) is 0. The number of benzene rings is 9. The molecule has 0 bridgehead atoms. The van der Waals surface area contributed by atoms with E-state index in [-0.39, 0.29) is 0 Å². The number of rotatable bonds is 3. The second-order valence-electron chi connectivity index (χ2n) is 16.1. The van der Waals surface area contributed by atoms with Gasteiger partial charge in [-0.25, -0.2) is 9.97 Å². The van der Waals surface area contributed by atoms with Crippen molar-refractivity contribution >= 4 is 32.6 Å². The molecule has 1 aliphatic carbocycles. The molecule has 1 atom stereocenters. The van der Waals surface area contributed by atoms with Crippen molar-refractivity contribution in [2.45, 2.75) is 12.3 Å². The number of aryl methyl sites for hydroxylation is 1. The number of hydrogen-bond donors (Lipinski definition) is 0. The average molecular weight is 778 g/mol. The predicted molar refractivity (Wildman–Crippen MR) is 252 cm³/mol. The van der Waals surface area contributed by atoms with E-state index in [9.17, 15) is 0 Å². The molecule has 2 aliphatic rings. The standard InChI is InChI=1S/C52H33N3.C6H6/c1-32-30-46(54-51(53-32)34-15-3-2-4-16-34)40-22-13-24-44-49(40)41-31-35(37-20-11-17-33-14-5-6-18-36(33)37)28-29-42(41)52(44)43-23-8-10-27-48(43)55-47-26-9-7-19-38(47)39-21-12-25-45(52)50(39)55;1-2-4-6-5-3-1/h2-31H,1H3;1-6H. The van der Waals surface area contributed by atoms with Crippen molar-refractivity contribution in [1.82, 2.24) is 14.5 Å². The minimum absolute atomic E-state index is 0.567. The fraction of sp³-hybridized carbons (Fsp3) is 0.0345. The lowest BCUT2D eigenvalue weighted by Gasteiger charge is -2.39. The summed E-state index contributed by atoms with van der Waals surface area (Å²) in [7, 11) is 0. The quantitative estimate of drug-likeness (QED) is 0.179. The maximum absolute atomic E-state index is 5.31. The Labute approximate surface area is 354 Å². The molecule has 11 aromatic rings. The van der Waals surface area contributed by atoms with Crippen LogP contribution in [-0.2, 0) is 5.41 Å². The molecule has 0 N–H and O–H groups in total. The maximum Gasteiger partial charge on any atom is 0.160 e. The van der Waals surface area contributed by atoms with Gasteiger partial charge < -0.3 is 4.57 Å². The minimum atomic E-state index is -0.567. The summed E-state index contributed by atoms with van der Waals surface area (Å²) in [6, 6.07) is 78.8. The van der Waals surface area contributed by atoms with Gasteiger partial charge in [0.05, 0.1) is 27.8 Å². The van der Waals surface area contributed by atoms with Crippen LogP contribution in [0, 0.1) is 6.92 Å². The summed E-state index contributed by atoms with van der Waals surface area (Å²) in [5.74, 6) is 0.739. The highest BCUT2D eigenvalue weighted by molar-refractivity contribution is 6.13. The largest absolute Gasteiger partial charge is 0.309 e. The van der Waals surface area contributed by atoms with Gasteiger partial charge >= 0.3 is 0 Å². The molecule has 3 heterocycles. The molecule has 1 spiro atoms.